The molecule has 1 aliphatic carbocycles. The highest BCUT2D eigenvalue weighted by molar-refractivity contribution is 5.99. The number of anilines is 2. The van der Waals surface area contributed by atoms with E-state index in [4.69, 9.17) is 4.74 Å². The van der Waals surface area contributed by atoms with Gasteiger partial charge >= 0.3 is 0 Å². The Morgan fingerprint density at radius 1 is 0.881 bits per heavy atom. The smallest absolute Gasteiger partial charge is 0.255 e. The average molecular weight is 808 g/mol. The summed E-state index contributed by atoms with van der Waals surface area (Å²) >= 11 is 0. The molecular formula is C43H54FN11O4. The van der Waals surface area contributed by atoms with Crippen LogP contribution in [0.25, 0.3) is 22.3 Å². The monoisotopic (exact) mass is 807 g/mol. The molecule has 5 aliphatic heterocycles. The molecule has 2 atom stereocenters. The summed E-state index contributed by atoms with van der Waals surface area (Å²) in [5, 5.41) is 21.6. The number of carbonyl (C=O) groups excluding carboxylic acids is 2. The molecule has 1 aromatic carbocycles. The number of aromatic nitrogens is 5. The number of hydrogen-bond donors (Lipinski definition) is 3. The molecule has 2 amide bonds. The number of hydrogen-bond acceptors (Lipinski definition) is 12. The number of piperidine rings is 3. The first-order valence-electron chi connectivity index (χ1n) is 21.6. The van der Waals surface area contributed by atoms with Crippen LogP contribution in [0.4, 0.5) is 15.9 Å². The van der Waals surface area contributed by atoms with Crippen molar-refractivity contribution in [1.29, 1.82) is 0 Å². The van der Waals surface area contributed by atoms with E-state index in [0.29, 0.717) is 41.0 Å². The van der Waals surface area contributed by atoms with Crippen molar-refractivity contribution in [3.63, 3.8) is 0 Å². The van der Waals surface area contributed by atoms with Gasteiger partial charge in [-0.1, -0.05) is 0 Å². The number of fused-ring (bicyclic) bond motifs is 2. The van der Waals surface area contributed by atoms with Gasteiger partial charge in [0.1, 0.15) is 29.7 Å². The number of ether oxygens (including phenoxy) is 1. The predicted molar refractivity (Wildman–Crippen MR) is 219 cm³/mol. The average Bonchev–Trinajstić information content (AvgIpc) is 3.66. The van der Waals surface area contributed by atoms with E-state index in [2.05, 4.69) is 63.1 Å². The van der Waals surface area contributed by atoms with Gasteiger partial charge in [0.15, 0.2) is 5.82 Å². The molecule has 2 unspecified atom stereocenters. The zero-order chi connectivity index (χ0) is 40.3. The first-order valence-corrected chi connectivity index (χ1v) is 21.6. The number of rotatable bonds is 10. The third-order valence-corrected chi connectivity index (χ3v) is 13.8. The number of carbonyl (C=O) groups is 2. The second-order valence-corrected chi connectivity index (χ2v) is 17.9. The zero-order valence-corrected chi connectivity index (χ0v) is 33.8. The number of amides is 2. The number of nitrogens with one attached hydrogen (secondary N) is 2. The summed E-state index contributed by atoms with van der Waals surface area (Å²) in [4.78, 5) is 49.9. The van der Waals surface area contributed by atoms with Crippen molar-refractivity contribution in [2.75, 3.05) is 75.2 Å². The van der Waals surface area contributed by atoms with Gasteiger partial charge in [-0.15, -0.1) is 0 Å². The maximum Gasteiger partial charge on any atom is 0.255 e. The van der Waals surface area contributed by atoms with Crippen LogP contribution in [0.5, 0.6) is 5.88 Å². The van der Waals surface area contributed by atoms with Gasteiger partial charge in [-0.25, -0.2) is 19.3 Å². The lowest BCUT2D eigenvalue weighted by molar-refractivity contribution is -0.129. The lowest BCUT2D eigenvalue weighted by atomic mass is 9.94. The quantitative estimate of drug-likeness (QED) is 0.213. The predicted octanol–water partition coefficient (Wildman–Crippen LogP) is 3.79. The van der Waals surface area contributed by atoms with Gasteiger partial charge < -0.3 is 39.7 Å². The largest absolute Gasteiger partial charge is 0.471 e. The Balaban J connectivity index is 0.667. The highest BCUT2D eigenvalue weighted by Gasteiger charge is 2.42. The molecule has 10 rings (SSSR count). The molecule has 0 spiro atoms. The molecule has 0 radical (unpaired) electrons. The van der Waals surface area contributed by atoms with E-state index in [0.717, 1.165) is 132 Å². The van der Waals surface area contributed by atoms with E-state index < -0.39 is 12.3 Å². The SMILES string of the molecule is CC1(Oc2cc3c(-c4cc(N5CCC(CN6CCN(CC7CCN(c8ccc9c(c8F)CN(C8CCC(=O)NC8O)C9=O)CC7)CC6)CC5)ncn4)n[nH]c3cn2)CC1. The number of benzene rings is 1. The van der Waals surface area contributed by atoms with E-state index in [1.807, 2.05) is 6.07 Å². The number of H-pyrrole nitrogens is 1. The van der Waals surface area contributed by atoms with Gasteiger partial charge in [0.2, 0.25) is 11.8 Å². The van der Waals surface area contributed by atoms with E-state index in [-0.39, 0.29) is 36.2 Å². The van der Waals surface area contributed by atoms with Crippen LogP contribution < -0.4 is 19.9 Å². The summed E-state index contributed by atoms with van der Waals surface area (Å²) in [5.41, 5.74) is 3.62. The van der Waals surface area contributed by atoms with Crippen LogP contribution in [0.3, 0.4) is 0 Å². The second-order valence-electron chi connectivity index (χ2n) is 17.9. The van der Waals surface area contributed by atoms with Crippen LogP contribution in [0.2, 0.25) is 0 Å². The number of pyridine rings is 1. The molecule has 4 aromatic rings. The summed E-state index contributed by atoms with van der Waals surface area (Å²) in [5.74, 6) is 1.94. The lowest BCUT2D eigenvalue weighted by Gasteiger charge is -2.41. The fourth-order valence-electron chi connectivity index (χ4n) is 9.88. The van der Waals surface area contributed by atoms with Crippen LogP contribution in [-0.2, 0) is 11.3 Å². The van der Waals surface area contributed by atoms with Crippen molar-refractivity contribution in [2.24, 2.45) is 11.8 Å². The van der Waals surface area contributed by atoms with E-state index in [1.54, 1.807) is 24.7 Å². The Morgan fingerprint density at radius 3 is 2.25 bits per heavy atom. The first-order chi connectivity index (χ1) is 28.7. The van der Waals surface area contributed by atoms with Crippen molar-refractivity contribution < 1.29 is 23.8 Å². The summed E-state index contributed by atoms with van der Waals surface area (Å²) in [6.07, 6.45) is 9.26. The van der Waals surface area contributed by atoms with Crippen molar-refractivity contribution in [2.45, 2.75) is 82.7 Å². The Hall–Kier alpha value is -4.93. The summed E-state index contributed by atoms with van der Waals surface area (Å²) in [6, 6.07) is 6.94. The van der Waals surface area contributed by atoms with Gasteiger partial charge in [-0.05, 0) is 75.8 Å². The number of piperazine rings is 1. The molecule has 1 saturated carbocycles. The molecule has 3 aromatic heterocycles. The number of aromatic amines is 1. The van der Waals surface area contributed by atoms with Crippen LogP contribution in [0.15, 0.2) is 36.8 Å². The van der Waals surface area contributed by atoms with Gasteiger partial charge in [0, 0.05) is 101 Å². The molecular weight excluding hydrogens is 754 g/mol. The fraction of sp³-hybridized carbons (Fsp3) is 0.581. The van der Waals surface area contributed by atoms with Crippen molar-refractivity contribution >= 4 is 34.2 Å². The first kappa shape index (κ1) is 38.3. The van der Waals surface area contributed by atoms with Crippen molar-refractivity contribution in [1.82, 2.24) is 45.2 Å². The van der Waals surface area contributed by atoms with Crippen LogP contribution in [0.1, 0.15) is 74.2 Å². The molecule has 16 heteroatoms. The molecule has 5 fully saturated rings. The van der Waals surface area contributed by atoms with Crippen LogP contribution in [0, 0.1) is 17.7 Å². The minimum atomic E-state index is -1.14. The van der Waals surface area contributed by atoms with Crippen molar-refractivity contribution in [3.05, 3.63) is 53.7 Å². The molecule has 8 heterocycles. The number of aliphatic hydroxyl groups excluding tert-OH is 1. The van der Waals surface area contributed by atoms with Gasteiger partial charge in [-0.2, -0.15) is 5.10 Å². The highest BCUT2D eigenvalue weighted by atomic mass is 19.1. The zero-order valence-electron chi connectivity index (χ0n) is 33.8. The minimum Gasteiger partial charge on any atom is -0.471 e. The third kappa shape index (κ3) is 7.82. The third-order valence-electron chi connectivity index (χ3n) is 13.8. The maximum absolute atomic E-state index is 16.0. The number of nitrogens with zero attached hydrogens (tertiary/aromatic N) is 9. The molecule has 15 nitrogen and oxygen atoms in total. The second kappa shape index (κ2) is 15.6. The number of halogens is 1. The topological polar surface area (TPSA) is 159 Å². The molecule has 312 valence electrons. The van der Waals surface area contributed by atoms with Gasteiger partial charge in [0.25, 0.3) is 5.91 Å². The van der Waals surface area contributed by atoms with E-state index in [1.165, 1.54) is 4.90 Å². The van der Waals surface area contributed by atoms with Crippen LogP contribution in [-0.4, -0.2) is 140 Å². The molecule has 4 saturated heterocycles. The van der Waals surface area contributed by atoms with Crippen molar-refractivity contribution in [3.8, 4) is 17.3 Å². The summed E-state index contributed by atoms with van der Waals surface area (Å²) in [7, 11) is 0. The van der Waals surface area contributed by atoms with Gasteiger partial charge in [-0.3, -0.25) is 14.7 Å². The normalized spacial score (nSPS) is 24.5. The molecule has 59 heavy (non-hydrogen) atoms. The highest BCUT2D eigenvalue weighted by Crippen LogP contribution is 2.40. The number of aliphatic hydroxyl groups is 1. The minimum absolute atomic E-state index is 0.105. The summed E-state index contributed by atoms with van der Waals surface area (Å²) in [6.45, 7) is 12.3. The Bertz CT molecular complexity index is 2210. The van der Waals surface area contributed by atoms with E-state index >= 15 is 4.39 Å². The van der Waals surface area contributed by atoms with Gasteiger partial charge in [0.05, 0.1) is 35.7 Å². The Kier molecular flexibility index (Phi) is 10.1. The lowest BCUT2D eigenvalue weighted by Crippen LogP contribution is -2.55. The Labute approximate surface area is 343 Å². The van der Waals surface area contributed by atoms with E-state index in [9.17, 15) is 14.7 Å². The molecule has 3 N–H and O–H groups in total. The summed E-state index contributed by atoms with van der Waals surface area (Å²) < 4.78 is 22.1. The van der Waals surface area contributed by atoms with Crippen LogP contribution >= 0.6 is 0 Å². The molecule has 6 aliphatic rings. The fourth-order valence-corrected chi connectivity index (χ4v) is 9.88. The molecule has 0 bridgehead atoms. The standard InChI is InChI=1S/C43H54FN11O4/c1-43(10-11-43)59-38-20-30-33(22-45-38)49-50-40(30)32-21-36(47-26-46-32)54-14-8-28(9-15-54)24-52-18-16-51(17-19-52)23-27-6-12-53(13-7-27)34-3-2-29-31(39(34)44)25-55(42(29)58)35-4-5-37(56)48-41(35)57/h2-3,20-22,26-28,35,41,57H,4-19,23-25H2,1H3,(H,48,56)(H,49,50). The maximum atomic E-state index is 16.0. The Morgan fingerprint density at radius 2 is 1.58 bits per heavy atom.